The number of rotatable bonds is 6. The minimum absolute atomic E-state index is 0.0353. The molecule has 0 heterocycles. The second kappa shape index (κ2) is 6.65. The van der Waals surface area contributed by atoms with Crippen LogP contribution in [0.1, 0.15) is 31.7 Å². The lowest BCUT2D eigenvalue weighted by molar-refractivity contribution is -0.136. The third-order valence-electron chi connectivity index (χ3n) is 2.78. The lowest BCUT2D eigenvalue weighted by Gasteiger charge is -2.21. The normalized spacial score (nSPS) is 10.1. The molecule has 0 fully saturated rings. The molecule has 0 aliphatic heterocycles. The van der Waals surface area contributed by atoms with Gasteiger partial charge in [-0.1, -0.05) is 26.0 Å². The van der Waals surface area contributed by atoms with Crippen molar-refractivity contribution in [1.29, 1.82) is 5.26 Å². The summed E-state index contributed by atoms with van der Waals surface area (Å²) in [5.74, 6) is -0.390. The largest absolute Gasteiger partial charge is 0.481 e. The molecular weight excluding hydrogens is 228 g/mol. The molecule has 1 rings (SSSR count). The highest BCUT2D eigenvalue weighted by atomic mass is 16.4. The maximum Gasteiger partial charge on any atom is 0.305 e. The van der Waals surface area contributed by atoms with Crippen LogP contribution in [0.5, 0.6) is 0 Å². The van der Waals surface area contributed by atoms with Crippen molar-refractivity contribution in [3.05, 3.63) is 29.8 Å². The van der Waals surface area contributed by atoms with Crippen molar-refractivity contribution in [1.82, 2.24) is 0 Å². The van der Waals surface area contributed by atoms with Gasteiger partial charge in [-0.25, -0.2) is 0 Å². The first-order chi connectivity index (χ1) is 8.54. The number of hydrogen-bond donors (Lipinski definition) is 1. The van der Waals surface area contributed by atoms with E-state index in [-0.39, 0.29) is 13.0 Å². The van der Waals surface area contributed by atoms with Gasteiger partial charge in [0.2, 0.25) is 0 Å². The highest BCUT2D eigenvalue weighted by molar-refractivity contribution is 5.67. The van der Waals surface area contributed by atoms with Crippen LogP contribution in [0.3, 0.4) is 0 Å². The van der Waals surface area contributed by atoms with Crippen molar-refractivity contribution < 1.29 is 9.90 Å². The smallest absolute Gasteiger partial charge is 0.305 e. The molecule has 0 saturated carbocycles. The third-order valence-corrected chi connectivity index (χ3v) is 2.78. The fraction of sp³-hybridized carbons (Fsp3) is 0.429. The topological polar surface area (TPSA) is 64.3 Å². The molecule has 18 heavy (non-hydrogen) atoms. The first-order valence-corrected chi connectivity index (χ1v) is 5.98. The van der Waals surface area contributed by atoms with Crippen LogP contribution in [0.15, 0.2) is 24.3 Å². The maximum atomic E-state index is 10.6. The number of carboxylic acids is 1. The van der Waals surface area contributed by atoms with Gasteiger partial charge in [-0.2, -0.15) is 5.26 Å². The van der Waals surface area contributed by atoms with Crippen molar-refractivity contribution in [3.8, 4) is 6.07 Å². The number of nitriles is 1. The maximum absolute atomic E-state index is 10.6. The molecule has 1 N–H and O–H groups in total. The van der Waals surface area contributed by atoms with Crippen LogP contribution in [0.4, 0.5) is 5.69 Å². The van der Waals surface area contributed by atoms with Gasteiger partial charge in [0, 0.05) is 12.2 Å². The number of nitrogens with zero attached hydrogens (tertiary/aromatic N) is 2. The van der Waals surface area contributed by atoms with Gasteiger partial charge in [0.15, 0.2) is 0 Å². The van der Waals surface area contributed by atoms with Gasteiger partial charge < -0.3 is 10.0 Å². The summed E-state index contributed by atoms with van der Waals surface area (Å²) in [7, 11) is 0. The summed E-state index contributed by atoms with van der Waals surface area (Å²) >= 11 is 0. The summed E-state index contributed by atoms with van der Waals surface area (Å²) in [6.45, 7) is 4.79. The molecule has 0 aliphatic rings. The molecule has 0 aliphatic carbocycles. The Bertz CT molecular complexity index is 432. The summed E-state index contributed by atoms with van der Waals surface area (Å²) in [5, 5.41) is 17.5. The fourth-order valence-corrected chi connectivity index (χ4v) is 1.69. The van der Waals surface area contributed by atoms with Crippen LogP contribution in [-0.4, -0.2) is 24.2 Å². The molecule has 0 unspecified atom stereocenters. The average Bonchev–Trinajstić information content (AvgIpc) is 2.34. The summed E-state index contributed by atoms with van der Waals surface area (Å²) in [6.07, 6.45) is 0.0353. The number of carboxylic acid groups (broad SMARTS) is 1. The van der Waals surface area contributed by atoms with Gasteiger partial charge in [-0.3, -0.25) is 4.79 Å². The first-order valence-electron chi connectivity index (χ1n) is 5.98. The Morgan fingerprint density at radius 3 is 2.44 bits per heavy atom. The Kier molecular flexibility index (Phi) is 5.19. The third kappa shape index (κ3) is 4.10. The van der Waals surface area contributed by atoms with E-state index < -0.39 is 5.97 Å². The minimum Gasteiger partial charge on any atom is -0.481 e. The number of anilines is 1. The van der Waals surface area contributed by atoms with Crippen molar-refractivity contribution in [2.24, 2.45) is 0 Å². The number of aliphatic carboxylic acids is 1. The van der Waals surface area contributed by atoms with E-state index in [2.05, 4.69) is 19.9 Å². The Balaban J connectivity index is 2.79. The van der Waals surface area contributed by atoms with Gasteiger partial charge in [0.05, 0.1) is 12.5 Å². The molecule has 4 heteroatoms. The van der Waals surface area contributed by atoms with E-state index in [9.17, 15) is 4.79 Å². The first kappa shape index (κ1) is 14.0. The van der Waals surface area contributed by atoms with Gasteiger partial charge in [-0.05, 0) is 23.6 Å². The predicted octanol–water partition coefficient (Wildman–Crippen LogP) is 2.61. The zero-order chi connectivity index (χ0) is 13.5. The van der Waals surface area contributed by atoms with E-state index in [1.165, 1.54) is 5.56 Å². The van der Waals surface area contributed by atoms with E-state index in [0.717, 1.165) is 5.69 Å². The highest BCUT2D eigenvalue weighted by Gasteiger charge is 2.08. The molecule has 96 valence electrons. The molecule has 0 bridgehead atoms. The van der Waals surface area contributed by atoms with E-state index in [0.29, 0.717) is 12.5 Å². The van der Waals surface area contributed by atoms with Crippen LogP contribution in [0.2, 0.25) is 0 Å². The summed E-state index contributed by atoms with van der Waals surface area (Å²) < 4.78 is 0. The van der Waals surface area contributed by atoms with Crippen LogP contribution in [0, 0.1) is 11.3 Å². The molecule has 0 aromatic heterocycles. The summed E-state index contributed by atoms with van der Waals surface area (Å²) in [6, 6.07) is 9.98. The standard InChI is InChI=1S/C14H18N2O2/c1-11(2)12-3-5-13(6-4-12)16(10-8-15)9-7-14(17)18/h3-6,11H,7,9-10H2,1-2H3,(H,17,18). The second-order valence-corrected chi connectivity index (χ2v) is 4.47. The zero-order valence-electron chi connectivity index (χ0n) is 10.8. The monoisotopic (exact) mass is 246 g/mol. The molecule has 0 saturated heterocycles. The van der Waals surface area contributed by atoms with Crippen molar-refractivity contribution in [2.45, 2.75) is 26.2 Å². The van der Waals surface area contributed by atoms with E-state index in [1.807, 2.05) is 24.3 Å². The molecule has 0 radical (unpaired) electrons. The van der Waals surface area contributed by atoms with Crippen molar-refractivity contribution in [2.75, 3.05) is 18.0 Å². The van der Waals surface area contributed by atoms with Gasteiger partial charge in [0.25, 0.3) is 0 Å². The number of hydrogen-bond acceptors (Lipinski definition) is 3. The second-order valence-electron chi connectivity index (χ2n) is 4.47. The average molecular weight is 246 g/mol. The Morgan fingerprint density at radius 2 is 2.00 bits per heavy atom. The number of benzene rings is 1. The van der Waals surface area contributed by atoms with E-state index in [4.69, 9.17) is 10.4 Å². The molecule has 1 aromatic carbocycles. The molecule has 0 atom stereocenters. The van der Waals surface area contributed by atoms with Crippen LogP contribution in [0.25, 0.3) is 0 Å². The van der Waals surface area contributed by atoms with Crippen LogP contribution in [-0.2, 0) is 4.79 Å². The lowest BCUT2D eigenvalue weighted by atomic mass is 10.0. The summed E-state index contributed by atoms with van der Waals surface area (Å²) in [4.78, 5) is 12.3. The number of carbonyl (C=O) groups is 1. The van der Waals surface area contributed by atoms with Gasteiger partial charge in [-0.15, -0.1) is 0 Å². The lowest BCUT2D eigenvalue weighted by Crippen LogP contribution is -2.26. The van der Waals surface area contributed by atoms with Crippen molar-refractivity contribution >= 4 is 11.7 Å². The van der Waals surface area contributed by atoms with Crippen LogP contribution < -0.4 is 4.90 Å². The van der Waals surface area contributed by atoms with E-state index >= 15 is 0 Å². The minimum atomic E-state index is -0.850. The molecule has 0 spiro atoms. The SMILES string of the molecule is CC(C)c1ccc(N(CC#N)CCC(=O)O)cc1. The van der Waals surface area contributed by atoms with Crippen LogP contribution >= 0.6 is 0 Å². The molecule has 1 aromatic rings. The summed E-state index contributed by atoms with van der Waals surface area (Å²) in [5.41, 5.74) is 2.12. The quantitative estimate of drug-likeness (QED) is 0.784. The predicted molar refractivity (Wildman–Crippen MR) is 70.6 cm³/mol. The highest BCUT2D eigenvalue weighted by Crippen LogP contribution is 2.20. The zero-order valence-corrected chi connectivity index (χ0v) is 10.8. The Labute approximate surface area is 107 Å². The Morgan fingerprint density at radius 1 is 1.39 bits per heavy atom. The molecular formula is C14H18N2O2. The van der Waals surface area contributed by atoms with Gasteiger partial charge >= 0.3 is 5.97 Å². The Hall–Kier alpha value is -2.02. The molecule has 4 nitrogen and oxygen atoms in total. The molecule has 0 amide bonds. The van der Waals surface area contributed by atoms with E-state index in [1.54, 1.807) is 4.90 Å². The fourth-order valence-electron chi connectivity index (χ4n) is 1.69. The van der Waals surface area contributed by atoms with Crippen molar-refractivity contribution in [3.63, 3.8) is 0 Å². The van der Waals surface area contributed by atoms with Gasteiger partial charge in [0.1, 0.15) is 6.54 Å².